The number of ether oxygens (including phenoxy) is 2. The van der Waals surface area contributed by atoms with Crippen LogP contribution < -0.4 is 20.2 Å². The van der Waals surface area contributed by atoms with Gasteiger partial charge in [-0.25, -0.2) is 0 Å². The highest BCUT2D eigenvalue weighted by Crippen LogP contribution is 2.26. The molecule has 0 saturated heterocycles. The van der Waals surface area contributed by atoms with Gasteiger partial charge in [-0.3, -0.25) is 5.43 Å². The quantitative estimate of drug-likeness (QED) is 0.830. The smallest absolute Gasteiger partial charge is 0.215 e. The van der Waals surface area contributed by atoms with Gasteiger partial charge < -0.3 is 14.8 Å². The fourth-order valence-corrected chi connectivity index (χ4v) is 2.45. The fourth-order valence-electron chi connectivity index (χ4n) is 2.45. The van der Waals surface area contributed by atoms with Crippen LogP contribution >= 0.6 is 0 Å². The predicted octanol–water partition coefficient (Wildman–Crippen LogP) is 3.12. The van der Waals surface area contributed by atoms with Gasteiger partial charge in [0, 0.05) is 24.6 Å². The Bertz CT molecular complexity index is 715. The average Bonchev–Trinajstić information content (AvgIpc) is 2.60. The van der Waals surface area contributed by atoms with Gasteiger partial charge in [-0.05, 0) is 25.1 Å². The van der Waals surface area contributed by atoms with Crippen LogP contribution in [0.3, 0.4) is 0 Å². The highest BCUT2D eigenvalue weighted by Gasteiger charge is 2.17. The van der Waals surface area contributed by atoms with Crippen molar-refractivity contribution in [3.05, 3.63) is 42.0 Å². The Hall–Kier alpha value is -2.76. The maximum absolute atomic E-state index is 5.44. The van der Waals surface area contributed by atoms with Crippen LogP contribution in [0.4, 0.5) is 11.5 Å². The molecule has 0 aliphatic carbocycles. The van der Waals surface area contributed by atoms with E-state index in [0.29, 0.717) is 12.5 Å². The third-order valence-electron chi connectivity index (χ3n) is 3.55. The van der Waals surface area contributed by atoms with Crippen LogP contribution in [0.25, 0.3) is 0 Å². The Balaban J connectivity index is 1.85. The Kier molecular flexibility index (Phi) is 4.61. The summed E-state index contributed by atoms with van der Waals surface area (Å²) in [7, 11) is 1.65. The zero-order valence-electron chi connectivity index (χ0n) is 13.3. The monoisotopic (exact) mass is 312 g/mol. The number of hydrogen-bond donors (Lipinski definition) is 2. The molecule has 0 radical (unpaired) electrons. The predicted molar refractivity (Wildman–Crippen MR) is 91.7 cm³/mol. The first-order chi connectivity index (χ1) is 11.3. The van der Waals surface area contributed by atoms with Crippen molar-refractivity contribution >= 4 is 17.2 Å². The number of anilines is 2. The van der Waals surface area contributed by atoms with Crippen LogP contribution in [0, 0.1) is 0 Å². The van der Waals surface area contributed by atoms with Crippen LogP contribution in [-0.4, -0.2) is 31.0 Å². The molecule has 0 saturated carbocycles. The minimum atomic E-state index is 0.599. The topological polar surface area (TPSA) is 67.8 Å². The number of rotatable bonds is 5. The number of benzene rings is 1. The SMILES string of the molecule is CCOc1ccc2c(n1)NCCC2=NNc1ccccc1OC. The van der Waals surface area contributed by atoms with Gasteiger partial charge in [-0.2, -0.15) is 10.1 Å². The molecule has 1 aliphatic rings. The van der Waals surface area contributed by atoms with Gasteiger partial charge in [0.15, 0.2) is 0 Å². The number of hydrazone groups is 1. The number of para-hydroxylation sites is 2. The molecule has 23 heavy (non-hydrogen) atoms. The Morgan fingerprint density at radius 1 is 1.26 bits per heavy atom. The number of fused-ring (bicyclic) bond motifs is 1. The molecule has 0 spiro atoms. The molecule has 2 heterocycles. The third kappa shape index (κ3) is 3.36. The largest absolute Gasteiger partial charge is 0.495 e. The second-order valence-corrected chi connectivity index (χ2v) is 5.03. The van der Waals surface area contributed by atoms with E-state index in [0.717, 1.165) is 41.5 Å². The number of hydrogen-bond acceptors (Lipinski definition) is 6. The van der Waals surface area contributed by atoms with E-state index in [-0.39, 0.29) is 0 Å². The lowest BCUT2D eigenvalue weighted by Gasteiger charge is -2.19. The van der Waals surface area contributed by atoms with Crippen molar-refractivity contribution < 1.29 is 9.47 Å². The summed E-state index contributed by atoms with van der Waals surface area (Å²) in [6, 6.07) is 11.6. The second-order valence-electron chi connectivity index (χ2n) is 5.03. The highest BCUT2D eigenvalue weighted by atomic mass is 16.5. The lowest BCUT2D eigenvalue weighted by molar-refractivity contribution is 0.327. The minimum absolute atomic E-state index is 0.599. The van der Waals surface area contributed by atoms with Gasteiger partial charge in [-0.15, -0.1) is 0 Å². The van der Waals surface area contributed by atoms with E-state index in [1.54, 1.807) is 7.11 Å². The first-order valence-electron chi connectivity index (χ1n) is 7.65. The molecule has 1 aromatic heterocycles. The van der Waals surface area contributed by atoms with Crippen LogP contribution in [0.15, 0.2) is 41.5 Å². The number of nitrogens with one attached hydrogen (secondary N) is 2. The molecule has 3 rings (SSSR count). The molecule has 0 amide bonds. The van der Waals surface area contributed by atoms with Gasteiger partial charge in [0.2, 0.25) is 5.88 Å². The summed E-state index contributed by atoms with van der Waals surface area (Å²) >= 11 is 0. The van der Waals surface area contributed by atoms with E-state index in [1.165, 1.54) is 0 Å². The normalized spacial score (nSPS) is 14.8. The van der Waals surface area contributed by atoms with Crippen molar-refractivity contribution in [3.63, 3.8) is 0 Å². The van der Waals surface area contributed by atoms with E-state index >= 15 is 0 Å². The van der Waals surface area contributed by atoms with E-state index < -0.39 is 0 Å². The molecule has 6 heteroatoms. The second kappa shape index (κ2) is 7.00. The van der Waals surface area contributed by atoms with Gasteiger partial charge in [0.05, 0.1) is 25.1 Å². The Labute approximate surface area is 135 Å². The zero-order valence-corrected chi connectivity index (χ0v) is 13.3. The summed E-state index contributed by atoms with van der Waals surface area (Å²) in [5.74, 6) is 2.19. The highest BCUT2D eigenvalue weighted by molar-refractivity contribution is 6.06. The average molecular weight is 312 g/mol. The zero-order chi connectivity index (χ0) is 16.1. The van der Waals surface area contributed by atoms with Crippen LogP contribution in [0.2, 0.25) is 0 Å². The third-order valence-corrected chi connectivity index (χ3v) is 3.55. The number of methoxy groups -OCH3 is 1. The maximum Gasteiger partial charge on any atom is 0.215 e. The molecule has 2 N–H and O–H groups in total. The fraction of sp³-hybridized carbons (Fsp3) is 0.294. The molecule has 0 fully saturated rings. The van der Waals surface area contributed by atoms with Crippen LogP contribution in [0.5, 0.6) is 11.6 Å². The van der Waals surface area contributed by atoms with E-state index in [9.17, 15) is 0 Å². The first kappa shape index (κ1) is 15.1. The Morgan fingerprint density at radius 3 is 2.96 bits per heavy atom. The number of pyridine rings is 1. The number of nitrogens with zero attached hydrogens (tertiary/aromatic N) is 2. The summed E-state index contributed by atoms with van der Waals surface area (Å²) in [5, 5.41) is 7.83. The van der Waals surface area contributed by atoms with E-state index in [4.69, 9.17) is 9.47 Å². The maximum atomic E-state index is 5.44. The summed E-state index contributed by atoms with van der Waals surface area (Å²) in [4.78, 5) is 4.48. The molecule has 0 bridgehead atoms. The molecule has 0 unspecified atom stereocenters. The molecule has 1 aliphatic heterocycles. The molecule has 1 aromatic carbocycles. The van der Waals surface area contributed by atoms with Gasteiger partial charge in [-0.1, -0.05) is 12.1 Å². The van der Waals surface area contributed by atoms with Crippen molar-refractivity contribution in [1.29, 1.82) is 0 Å². The van der Waals surface area contributed by atoms with Gasteiger partial charge >= 0.3 is 0 Å². The van der Waals surface area contributed by atoms with Crippen molar-refractivity contribution in [3.8, 4) is 11.6 Å². The van der Waals surface area contributed by atoms with Crippen LogP contribution in [-0.2, 0) is 0 Å². The molecular weight excluding hydrogens is 292 g/mol. The number of aromatic nitrogens is 1. The lowest BCUT2D eigenvalue weighted by Crippen LogP contribution is -2.21. The molecule has 6 nitrogen and oxygen atoms in total. The van der Waals surface area contributed by atoms with E-state index in [1.807, 2.05) is 43.3 Å². The summed E-state index contributed by atoms with van der Waals surface area (Å²) in [5.41, 5.74) is 5.87. The van der Waals surface area contributed by atoms with Crippen molar-refractivity contribution in [2.75, 3.05) is 31.0 Å². The van der Waals surface area contributed by atoms with E-state index in [2.05, 4.69) is 20.8 Å². The van der Waals surface area contributed by atoms with Crippen molar-refractivity contribution in [2.45, 2.75) is 13.3 Å². The molecule has 120 valence electrons. The molecule has 2 aromatic rings. The van der Waals surface area contributed by atoms with Gasteiger partial charge in [0.1, 0.15) is 11.6 Å². The summed E-state index contributed by atoms with van der Waals surface area (Å²) < 4.78 is 10.8. The standard InChI is InChI=1S/C17H20N4O2/c1-3-23-16-9-8-12-13(10-11-18-17(12)19-16)20-21-14-6-4-5-7-15(14)22-2/h4-9,21H,3,10-11H2,1-2H3,(H,18,19). The Morgan fingerprint density at radius 2 is 2.13 bits per heavy atom. The lowest BCUT2D eigenvalue weighted by atomic mass is 10.1. The first-order valence-corrected chi connectivity index (χ1v) is 7.65. The van der Waals surface area contributed by atoms with Crippen LogP contribution in [0.1, 0.15) is 18.9 Å². The van der Waals surface area contributed by atoms with Crippen molar-refractivity contribution in [1.82, 2.24) is 4.98 Å². The summed E-state index contributed by atoms with van der Waals surface area (Å²) in [6.45, 7) is 3.34. The molecule has 0 atom stereocenters. The van der Waals surface area contributed by atoms with Crippen molar-refractivity contribution in [2.24, 2.45) is 5.10 Å². The summed E-state index contributed by atoms with van der Waals surface area (Å²) in [6.07, 6.45) is 0.824. The molecular formula is C17H20N4O2. The van der Waals surface area contributed by atoms with Gasteiger partial charge in [0.25, 0.3) is 0 Å². The minimum Gasteiger partial charge on any atom is -0.495 e.